The molecular weight excluding hydrogens is 342 g/mol. The van der Waals surface area contributed by atoms with Crippen LogP contribution in [-0.4, -0.2) is 46.0 Å². The van der Waals surface area contributed by atoms with Crippen molar-refractivity contribution in [2.24, 2.45) is 7.05 Å². The number of nitrogens with zero attached hydrogens (tertiary/aromatic N) is 4. The summed E-state index contributed by atoms with van der Waals surface area (Å²) in [5.74, 6) is 0. The number of ether oxygens (including phenoxy) is 1. The maximum absolute atomic E-state index is 12.7. The summed E-state index contributed by atoms with van der Waals surface area (Å²) < 4.78 is 6.99. The third kappa shape index (κ3) is 4.62. The smallest absolute Gasteiger partial charge is 0.318 e. The first-order valence-corrected chi connectivity index (χ1v) is 8.91. The minimum Gasteiger partial charge on any atom is -0.383 e. The Morgan fingerprint density at radius 3 is 2.78 bits per heavy atom. The van der Waals surface area contributed by atoms with Crippen molar-refractivity contribution >= 4 is 16.9 Å². The lowest BCUT2D eigenvalue weighted by Gasteiger charge is -2.22. The van der Waals surface area contributed by atoms with Crippen LogP contribution in [0, 0.1) is 6.92 Å². The minimum absolute atomic E-state index is 0.143. The highest BCUT2D eigenvalue weighted by molar-refractivity contribution is 5.83. The Bertz CT molecular complexity index is 907. The van der Waals surface area contributed by atoms with E-state index < -0.39 is 0 Å². The molecule has 1 aromatic carbocycles. The summed E-state index contributed by atoms with van der Waals surface area (Å²) in [7, 11) is 3.54. The van der Waals surface area contributed by atoms with Gasteiger partial charge in [-0.05, 0) is 36.8 Å². The first-order chi connectivity index (χ1) is 13.1. The molecule has 0 spiro atoms. The molecule has 0 aliphatic rings. The highest BCUT2D eigenvalue weighted by Crippen LogP contribution is 2.19. The van der Waals surface area contributed by atoms with E-state index in [9.17, 15) is 4.79 Å². The van der Waals surface area contributed by atoms with Crippen LogP contribution in [0.5, 0.6) is 0 Å². The number of pyridine rings is 1. The number of aromatic nitrogens is 3. The number of carbonyl (C=O) groups is 1. The van der Waals surface area contributed by atoms with Gasteiger partial charge in [0.15, 0.2) is 0 Å². The van der Waals surface area contributed by atoms with Crippen LogP contribution in [0.3, 0.4) is 0 Å². The summed E-state index contributed by atoms with van der Waals surface area (Å²) in [5.41, 5.74) is 4.11. The number of hydrogen-bond donors (Lipinski definition) is 1. The van der Waals surface area contributed by atoms with Crippen LogP contribution in [0.15, 0.2) is 42.7 Å². The number of hydrogen-bond acceptors (Lipinski definition) is 4. The summed E-state index contributed by atoms with van der Waals surface area (Å²) >= 11 is 0. The van der Waals surface area contributed by atoms with E-state index in [2.05, 4.69) is 40.5 Å². The first-order valence-electron chi connectivity index (χ1n) is 8.91. The number of benzene rings is 1. The first kappa shape index (κ1) is 18.8. The van der Waals surface area contributed by atoms with E-state index in [4.69, 9.17) is 4.74 Å². The summed E-state index contributed by atoms with van der Waals surface area (Å²) in [6.07, 6.45) is 3.45. The van der Waals surface area contributed by atoms with Crippen LogP contribution in [0.25, 0.3) is 10.9 Å². The number of urea groups is 1. The average molecular weight is 367 g/mol. The van der Waals surface area contributed by atoms with E-state index >= 15 is 0 Å². The number of aryl methyl sites for hydroxylation is 2. The second-order valence-corrected chi connectivity index (χ2v) is 6.52. The van der Waals surface area contributed by atoms with Crippen LogP contribution in [-0.2, 0) is 24.9 Å². The molecule has 2 aromatic heterocycles. The molecule has 1 N–H and O–H groups in total. The van der Waals surface area contributed by atoms with Crippen LogP contribution >= 0.6 is 0 Å². The summed E-state index contributed by atoms with van der Waals surface area (Å²) in [6.45, 7) is 3.91. The second-order valence-electron chi connectivity index (χ2n) is 6.52. The minimum atomic E-state index is -0.143. The lowest BCUT2D eigenvalue weighted by molar-refractivity contribution is 0.146. The van der Waals surface area contributed by atoms with Crippen LogP contribution in [0.4, 0.5) is 4.79 Å². The number of fused-ring (bicyclic) bond motifs is 1. The molecule has 3 rings (SSSR count). The molecule has 27 heavy (non-hydrogen) atoms. The molecule has 0 atom stereocenters. The molecule has 0 radical (unpaired) electrons. The largest absolute Gasteiger partial charge is 0.383 e. The van der Waals surface area contributed by atoms with Gasteiger partial charge >= 0.3 is 6.03 Å². The van der Waals surface area contributed by atoms with Gasteiger partial charge in [0.05, 0.1) is 24.4 Å². The quantitative estimate of drug-likeness (QED) is 0.697. The molecule has 0 bridgehead atoms. The number of methoxy groups -OCH3 is 1. The molecule has 0 saturated heterocycles. The van der Waals surface area contributed by atoms with E-state index in [0.29, 0.717) is 26.2 Å². The predicted molar refractivity (Wildman–Crippen MR) is 104 cm³/mol. The fraction of sp³-hybridized carbons (Fsp3) is 0.350. The third-order valence-electron chi connectivity index (χ3n) is 4.46. The molecule has 0 unspecified atom stereocenters. The maximum atomic E-state index is 12.7. The molecule has 0 fully saturated rings. The standard InChI is InChI=1S/C20H25N5O2/c1-15-4-5-19-17(12-15)18(23-24(19)2)13-22-20(26)25(10-11-27-3)14-16-6-8-21-9-7-16/h4-9,12H,10-11,13-14H2,1-3H3,(H,22,26). The van der Waals surface area contributed by atoms with Crippen molar-refractivity contribution in [1.82, 2.24) is 25.0 Å². The molecule has 0 saturated carbocycles. The van der Waals surface area contributed by atoms with Crippen molar-refractivity contribution in [3.05, 3.63) is 59.5 Å². The molecule has 7 heteroatoms. The van der Waals surface area contributed by atoms with E-state index in [1.165, 1.54) is 5.56 Å². The van der Waals surface area contributed by atoms with Gasteiger partial charge in [0.1, 0.15) is 0 Å². The highest BCUT2D eigenvalue weighted by atomic mass is 16.5. The van der Waals surface area contributed by atoms with Crippen LogP contribution in [0.2, 0.25) is 0 Å². The fourth-order valence-electron chi connectivity index (χ4n) is 3.02. The number of amides is 2. The fourth-order valence-corrected chi connectivity index (χ4v) is 3.02. The Balaban J connectivity index is 1.71. The van der Waals surface area contributed by atoms with Crippen molar-refractivity contribution in [3.8, 4) is 0 Å². The Hall–Kier alpha value is -2.93. The summed E-state index contributed by atoms with van der Waals surface area (Å²) in [4.78, 5) is 18.5. The Morgan fingerprint density at radius 2 is 2.04 bits per heavy atom. The molecule has 2 amide bonds. The summed E-state index contributed by atoms with van der Waals surface area (Å²) in [5, 5.41) is 8.62. The zero-order valence-corrected chi connectivity index (χ0v) is 16.0. The molecule has 142 valence electrons. The van der Waals surface area contributed by atoms with Gasteiger partial charge in [-0.25, -0.2) is 4.79 Å². The predicted octanol–water partition coefficient (Wildman–Crippen LogP) is 2.63. The van der Waals surface area contributed by atoms with Crippen molar-refractivity contribution in [3.63, 3.8) is 0 Å². The second kappa shape index (κ2) is 8.64. The van der Waals surface area contributed by atoms with Gasteiger partial charge in [-0.15, -0.1) is 0 Å². The molecule has 7 nitrogen and oxygen atoms in total. The highest BCUT2D eigenvalue weighted by Gasteiger charge is 2.15. The number of carbonyl (C=O) groups excluding carboxylic acids is 1. The monoisotopic (exact) mass is 367 g/mol. The molecule has 2 heterocycles. The van der Waals surface area contributed by atoms with Gasteiger partial charge in [0.2, 0.25) is 0 Å². The van der Waals surface area contributed by atoms with E-state index in [1.54, 1.807) is 24.4 Å². The van der Waals surface area contributed by atoms with Crippen LogP contribution < -0.4 is 5.32 Å². The SMILES string of the molecule is COCCN(Cc1ccncc1)C(=O)NCc1nn(C)c2ccc(C)cc12. The number of nitrogens with one attached hydrogen (secondary N) is 1. The number of rotatable bonds is 7. The summed E-state index contributed by atoms with van der Waals surface area (Å²) in [6, 6.07) is 9.88. The average Bonchev–Trinajstić information content (AvgIpc) is 2.99. The van der Waals surface area contributed by atoms with Gasteiger partial charge in [-0.2, -0.15) is 5.10 Å². The molecular formula is C20H25N5O2. The Kier molecular flexibility index (Phi) is 6.03. The van der Waals surface area contributed by atoms with Gasteiger partial charge in [-0.1, -0.05) is 11.6 Å². The van der Waals surface area contributed by atoms with E-state index in [0.717, 1.165) is 22.2 Å². The lowest BCUT2D eigenvalue weighted by atomic mass is 10.1. The van der Waals surface area contributed by atoms with Crippen molar-refractivity contribution in [2.45, 2.75) is 20.0 Å². The zero-order valence-electron chi connectivity index (χ0n) is 16.0. The van der Waals surface area contributed by atoms with E-state index in [-0.39, 0.29) is 6.03 Å². The van der Waals surface area contributed by atoms with Crippen molar-refractivity contribution in [2.75, 3.05) is 20.3 Å². The van der Waals surface area contributed by atoms with Gasteiger partial charge in [0.25, 0.3) is 0 Å². The van der Waals surface area contributed by atoms with Gasteiger partial charge in [0, 0.05) is 45.0 Å². The van der Waals surface area contributed by atoms with Gasteiger partial charge < -0.3 is 15.0 Å². The topological polar surface area (TPSA) is 72.3 Å². The third-order valence-corrected chi connectivity index (χ3v) is 4.46. The lowest BCUT2D eigenvalue weighted by Crippen LogP contribution is -2.41. The maximum Gasteiger partial charge on any atom is 0.318 e. The van der Waals surface area contributed by atoms with Crippen LogP contribution in [0.1, 0.15) is 16.8 Å². The Labute approximate surface area is 159 Å². The Morgan fingerprint density at radius 1 is 1.26 bits per heavy atom. The van der Waals surface area contributed by atoms with Gasteiger partial charge in [-0.3, -0.25) is 9.67 Å². The molecule has 0 aliphatic carbocycles. The molecule has 0 aliphatic heterocycles. The normalized spacial score (nSPS) is 10.9. The zero-order chi connectivity index (χ0) is 19.2. The van der Waals surface area contributed by atoms with Crippen molar-refractivity contribution < 1.29 is 9.53 Å². The van der Waals surface area contributed by atoms with Crippen molar-refractivity contribution in [1.29, 1.82) is 0 Å². The molecule has 3 aromatic rings. The van der Waals surface area contributed by atoms with E-state index in [1.807, 2.05) is 23.9 Å².